The molecule has 2 rings (SSSR count). The molecule has 0 spiro atoms. The van der Waals surface area contributed by atoms with Crippen LogP contribution in [0.4, 0.5) is 4.39 Å². The summed E-state index contributed by atoms with van der Waals surface area (Å²) >= 11 is 0. The van der Waals surface area contributed by atoms with Crippen molar-refractivity contribution in [2.45, 2.75) is 11.8 Å². The Morgan fingerprint density at radius 2 is 1.64 bits per heavy atom. The summed E-state index contributed by atoms with van der Waals surface area (Å²) in [6.07, 6.45) is 1.49. The van der Waals surface area contributed by atoms with Crippen LogP contribution in [-0.4, -0.2) is 27.4 Å². The maximum atomic E-state index is 13.9. The van der Waals surface area contributed by atoms with Gasteiger partial charge >= 0.3 is 0 Å². The fourth-order valence-corrected chi connectivity index (χ4v) is 3.65. The summed E-state index contributed by atoms with van der Waals surface area (Å²) in [6, 6.07) is 12.5. The normalized spacial score (nSPS) is 12.3. The molecule has 0 heterocycles. The molecule has 3 nitrogen and oxygen atoms in total. The van der Waals surface area contributed by atoms with Crippen LogP contribution in [0.5, 0.6) is 0 Å². The van der Waals surface area contributed by atoms with Crippen molar-refractivity contribution in [3.8, 4) is 0 Å². The van der Waals surface area contributed by atoms with Gasteiger partial charge in [-0.25, -0.2) is 12.8 Å². The van der Waals surface area contributed by atoms with Crippen LogP contribution in [-0.2, 0) is 9.84 Å². The number of benzene rings is 2. The molecule has 0 atom stereocenters. The first-order valence-electron chi connectivity index (χ1n) is 6.77. The molecular weight excluding hydrogens is 301 g/mol. The smallest absolute Gasteiger partial charge is 0.211 e. The van der Waals surface area contributed by atoms with Crippen molar-refractivity contribution in [2.75, 3.05) is 14.1 Å². The number of hydrogen-bond acceptors (Lipinski definition) is 3. The van der Waals surface area contributed by atoms with Crippen LogP contribution in [0.25, 0.3) is 4.91 Å². The zero-order chi connectivity index (χ0) is 16.3. The molecule has 0 bridgehead atoms. The molecule has 0 fully saturated rings. The monoisotopic (exact) mass is 319 g/mol. The first-order chi connectivity index (χ1) is 10.3. The van der Waals surface area contributed by atoms with E-state index in [9.17, 15) is 12.8 Å². The third-order valence-corrected chi connectivity index (χ3v) is 4.96. The predicted octanol–water partition coefficient (Wildman–Crippen LogP) is 3.47. The van der Waals surface area contributed by atoms with Gasteiger partial charge in [0.25, 0.3) is 0 Å². The van der Waals surface area contributed by atoms with Gasteiger partial charge in [0.2, 0.25) is 9.84 Å². The van der Waals surface area contributed by atoms with Crippen LogP contribution in [0, 0.1) is 12.7 Å². The highest BCUT2D eigenvalue weighted by molar-refractivity contribution is 8.00. The largest absolute Gasteiger partial charge is 0.382 e. The van der Waals surface area contributed by atoms with Crippen LogP contribution >= 0.6 is 0 Å². The number of nitrogens with zero attached hydrogens (tertiary/aromatic N) is 1. The predicted molar refractivity (Wildman–Crippen MR) is 86.4 cm³/mol. The van der Waals surface area contributed by atoms with Crippen molar-refractivity contribution >= 4 is 14.7 Å². The lowest BCUT2D eigenvalue weighted by atomic mass is 10.1. The Morgan fingerprint density at radius 1 is 1.05 bits per heavy atom. The van der Waals surface area contributed by atoms with Gasteiger partial charge in [-0.2, -0.15) is 0 Å². The quantitative estimate of drug-likeness (QED) is 0.866. The van der Waals surface area contributed by atoms with Crippen molar-refractivity contribution in [3.05, 3.63) is 71.7 Å². The van der Waals surface area contributed by atoms with Crippen LogP contribution < -0.4 is 0 Å². The molecule has 22 heavy (non-hydrogen) atoms. The van der Waals surface area contributed by atoms with Gasteiger partial charge in [0, 0.05) is 20.3 Å². The second-order valence-corrected chi connectivity index (χ2v) is 7.14. The highest BCUT2D eigenvalue weighted by Crippen LogP contribution is 2.29. The van der Waals surface area contributed by atoms with Gasteiger partial charge in [0.05, 0.1) is 4.91 Å². The molecule has 2 aromatic rings. The van der Waals surface area contributed by atoms with E-state index in [0.29, 0.717) is 5.56 Å². The first kappa shape index (κ1) is 16.2. The second-order valence-electron chi connectivity index (χ2n) is 5.26. The second kappa shape index (κ2) is 6.32. The number of sulfone groups is 1. The van der Waals surface area contributed by atoms with Gasteiger partial charge in [-0.3, -0.25) is 0 Å². The van der Waals surface area contributed by atoms with E-state index in [4.69, 9.17) is 0 Å². The average molecular weight is 319 g/mol. The molecule has 0 aliphatic rings. The van der Waals surface area contributed by atoms with E-state index < -0.39 is 15.7 Å². The molecule has 0 N–H and O–H groups in total. The maximum absolute atomic E-state index is 13.9. The van der Waals surface area contributed by atoms with Gasteiger partial charge in [0.15, 0.2) is 0 Å². The van der Waals surface area contributed by atoms with Gasteiger partial charge in [-0.15, -0.1) is 0 Å². The molecule has 0 saturated heterocycles. The summed E-state index contributed by atoms with van der Waals surface area (Å²) in [4.78, 5) is 1.39. The molecule has 0 unspecified atom stereocenters. The van der Waals surface area contributed by atoms with Crippen molar-refractivity contribution in [1.29, 1.82) is 0 Å². The molecule has 0 radical (unpaired) electrons. The lowest BCUT2D eigenvalue weighted by Crippen LogP contribution is -2.11. The van der Waals surface area contributed by atoms with Crippen LogP contribution in [0.1, 0.15) is 11.1 Å². The molecule has 0 saturated carbocycles. The van der Waals surface area contributed by atoms with E-state index in [-0.39, 0.29) is 9.80 Å². The zero-order valence-electron chi connectivity index (χ0n) is 12.7. The fraction of sp³-hybridized carbons (Fsp3) is 0.176. The molecule has 116 valence electrons. The van der Waals surface area contributed by atoms with Gasteiger partial charge in [-0.05, 0) is 24.6 Å². The summed E-state index contributed by atoms with van der Waals surface area (Å²) in [5, 5.41) is 0. The van der Waals surface area contributed by atoms with Gasteiger partial charge in [0.1, 0.15) is 10.7 Å². The summed E-state index contributed by atoms with van der Waals surface area (Å²) in [5.74, 6) is -0.751. The number of halogens is 1. The molecule has 0 aliphatic carbocycles. The van der Waals surface area contributed by atoms with Crippen LogP contribution in [0.15, 0.2) is 59.6 Å². The number of rotatable bonds is 4. The zero-order valence-corrected chi connectivity index (χ0v) is 13.6. The van der Waals surface area contributed by atoms with E-state index in [1.54, 1.807) is 31.1 Å². The SMILES string of the molecule is Cc1ccc(C(=CN(C)C)S(=O)(=O)c2ccccc2F)cc1. The van der Waals surface area contributed by atoms with Crippen molar-refractivity contribution in [2.24, 2.45) is 0 Å². The van der Waals surface area contributed by atoms with Gasteiger partial charge in [-0.1, -0.05) is 42.0 Å². The van der Waals surface area contributed by atoms with E-state index in [2.05, 4.69) is 0 Å². The van der Waals surface area contributed by atoms with Gasteiger partial charge < -0.3 is 4.90 Å². The fourth-order valence-electron chi connectivity index (χ4n) is 2.03. The molecule has 0 amide bonds. The van der Waals surface area contributed by atoms with E-state index in [1.165, 1.54) is 24.4 Å². The Bertz CT molecular complexity index is 794. The van der Waals surface area contributed by atoms with E-state index in [1.807, 2.05) is 19.1 Å². The molecule has 0 aromatic heterocycles. The molecule has 2 aromatic carbocycles. The number of aryl methyl sites for hydroxylation is 1. The summed E-state index contributed by atoms with van der Waals surface area (Å²) in [6.45, 7) is 1.92. The minimum atomic E-state index is -3.95. The summed E-state index contributed by atoms with van der Waals surface area (Å²) < 4.78 is 39.6. The first-order valence-corrected chi connectivity index (χ1v) is 8.25. The third kappa shape index (κ3) is 3.36. The molecule has 0 aliphatic heterocycles. The Balaban J connectivity index is 2.65. The number of hydrogen-bond donors (Lipinski definition) is 0. The van der Waals surface area contributed by atoms with E-state index >= 15 is 0 Å². The van der Waals surface area contributed by atoms with Crippen LogP contribution in [0.3, 0.4) is 0 Å². The standard InChI is InChI=1S/C17H18FNO2S/c1-13-8-10-14(11-9-13)17(12-19(2)3)22(20,21)16-7-5-4-6-15(16)18/h4-12H,1-3H3. The minimum Gasteiger partial charge on any atom is -0.382 e. The third-order valence-electron chi connectivity index (χ3n) is 3.13. The maximum Gasteiger partial charge on any atom is 0.211 e. The molecule has 5 heteroatoms. The lowest BCUT2D eigenvalue weighted by Gasteiger charge is -2.14. The van der Waals surface area contributed by atoms with Crippen molar-refractivity contribution < 1.29 is 12.8 Å². The molecular formula is C17H18FNO2S. The Labute approximate surface area is 130 Å². The highest BCUT2D eigenvalue weighted by Gasteiger charge is 2.25. The average Bonchev–Trinajstić information content (AvgIpc) is 2.46. The topological polar surface area (TPSA) is 37.4 Å². The van der Waals surface area contributed by atoms with E-state index in [0.717, 1.165) is 11.6 Å². The van der Waals surface area contributed by atoms with Crippen molar-refractivity contribution in [3.63, 3.8) is 0 Å². The lowest BCUT2D eigenvalue weighted by molar-refractivity contribution is 0.561. The van der Waals surface area contributed by atoms with Crippen LogP contribution in [0.2, 0.25) is 0 Å². The Hall–Kier alpha value is -2.14. The Kier molecular flexibility index (Phi) is 4.66. The Morgan fingerprint density at radius 3 is 2.18 bits per heavy atom. The highest BCUT2D eigenvalue weighted by atomic mass is 32.2. The van der Waals surface area contributed by atoms with Crippen molar-refractivity contribution in [1.82, 2.24) is 4.90 Å². The summed E-state index contributed by atoms with van der Waals surface area (Å²) in [5.41, 5.74) is 1.55. The minimum absolute atomic E-state index is 0.0719. The summed E-state index contributed by atoms with van der Waals surface area (Å²) in [7, 11) is -0.494.